The molecule has 0 unspecified atom stereocenters. The first-order valence-corrected chi connectivity index (χ1v) is 12.5. The molecule has 10 nitrogen and oxygen atoms in total. The molecule has 1 aliphatic rings. The Hall–Kier alpha value is -4.12. The van der Waals surface area contributed by atoms with Crippen molar-refractivity contribution in [3.63, 3.8) is 0 Å². The molecule has 0 aliphatic carbocycles. The van der Waals surface area contributed by atoms with Crippen LogP contribution in [0.3, 0.4) is 0 Å². The maximum atomic E-state index is 13.3. The molecule has 188 valence electrons. The highest BCUT2D eigenvalue weighted by molar-refractivity contribution is 7.92. The van der Waals surface area contributed by atoms with Gasteiger partial charge in [0.15, 0.2) is 11.5 Å². The summed E-state index contributed by atoms with van der Waals surface area (Å²) in [6.45, 7) is 2.23. The highest BCUT2D eigenvalue weighted by Crippen LogP contribution is 2.36. The van der Waals surface area contributed by atoms with Crippen LogP contribution in [0, 0.1) is 17.0 Å². The van der Waals surface area contributed by atoms with Crippen molar-refractivity contribution >= 4 is 33.0 Å². The number of ether oxygens (including phenoxy) is 2. The van der Waals surface area contributed by atoms with Crippen LogP contribution in [0.1, 0.15) is 27.9 Å². The topological polar surface area (TPSA) is 128 Å². The number of nitro benzene ring substituents is 1. The SMILES string of the molecule is COc1cc(C(=O)Nc2ccc3c(c2)CCCN3S(=O)(=O)c2ccc(C)cc2)c([N+](=O)[O-])cc1OC. The molecule has 1 heterocycles. The molecule has 1 amide bonds. The highest BCUT2D eigenvalue weighted by Gasteiger charge is 2.30. The van der Waals surface area contributed by atoms with Crippen molar-refractivity contribution in [3.05, 3.63) is 81.4 Å². The van der Waals surface area contributed by atoms with E-state index in [1.165, 1.54) is 24.6 Å². The Morgan fingerprint density at radius 3 is 2.33 bits per heavy atom. The lowest BCUT2D eigenvalue weighted by Crippen LogP contribution is -2.35. The summed E-state index contributed by atoms with van der Waals surface area (Å²) in [4.78, 5) is 24.1. The first kappa shape index (κ1) is 25.0. The molecule has 0 radical (unpaired) electrons. The van der Waals surface area contributed by atoms with Crippen LogP contribution in [0.4, 0.5) is 17.1 Å². The number of methoxy groups -OCH3 is 2. The van der Waals surface area contributed by atoms with Gasteiger partial charge in [-0.3, -0.25) is 19.2 Å². The van der Waals surface area contributed by atoms with Gasteiger partial charge in [0.2, 0.25) is 0 Å². The van der Waals surface area contributed by atoms with Gasteiger partial charge in [-0.1, -0.05) is 17.7 Å². The van der Waals surface area contributed by atoms with Crippen molar-refractivity contribution in [1.82, 2.24) is 0 Å². The third kappa shape index (κ3) is 4.69. The van der Waals surface area contributed by atoms with Gasteiger partial charge in [-0.15, -0.1) is 0 Å². The zero-order chi connectivity index (χ0) is 26.0. The lowest BCUT2D eigenvalue weighted by atomic mass is 10.0. The lowest BCUT2D eigenvalue weighted by molar-refractivity contribution is -0.385. The first-order chi connectivity index (χ1) is 17.1. The van der Waals surface area contributed by atoms with E-state index in [0.29, 0.717) is 30.8 Å². The van der Waals surface area contributed by atoms with E-state index in [9.17, 15) is 23.3 Å². The van der Waals surface area contributed by atoms with Gasteiger partial charge in [-0.25, -0.2) is 8.42 Å². The average molecular weight is 512 g/mol. The standard InChI is InChI=1S/C25H25N3O7S/c1-16-6-9-19(10-7-16)36(32,33)27-12-4-5-17-13-18(8-11-21(17)27)26-25(29)20-14-23(34-2)24(35-3)15-22(20)28(30)31/h6-11,13-15H,4-5,12H2,1-3H3,(H,26,29). The van der Waals surface area contributed by atoms with Crippen LogP contribution in [0.5, 0.6) is 11.5 Å². The average Bonchev–Trinajstić information content (AvgIpc) is 2.87. The number of hydrogen-bond donors (Lipinski definition) is 1. The zero-order valence-electron chi connectivity index (χ0n) is 20.0. The molecule has 3 aromatic rings. The quantitative estimate of drug-likeness (QED) is 0.370. The smallest absolute Gasteiger partial charge is 0.286 e. The van der Waals surface area contributed by atoms with Crippen molar-refractivity contribution in [3.8, 4) is 11.5 Å². The molecule has 1 N–H and O–H groups in total. The minimum atomic E-state index is -3.76. The van der Waals surface area contributed by atoms with Crippen LogP contribution in [0.2, 0.25) is 0 Å². The second-order valence-corrected chi connectivity index (χ2v) is 10.1. The monoisotopic (exact) mass is 511 g/mol. The molecule has 11 heteroatoms. The Labute approximate surface area is 208 Å². The number of benzene rings is 3. The molecule has 0 saturated heterocycles. The molecular formula is C25H25N3O7S. The summed E-state index contributed by atoms with van der Waals surface area (Å²) in [6, 6.07) is 14.0. The van der Waals surface area contributed by atoms with E-state index >= 15 is 0 Å². The van der Waals surface area contributed by atoms with Gasteiger partial charge in [0.1, 0.15) is 5.56 Å². The molecule has 4 rings (SSSR count). The number of fused-ring (bicyclic) bond motifs is 1. The van der Waals surface area contributed by atoms with E-state index in [-0.39, 0.29) is 22.0 Å². The Bertz CT molecular complexity index is 1440. The van der Waals surface area contributed by atoms with Crippen molar-refractivity contribution in [2.45, 2.75) is 24.7 Å². The van der Waals surface area contributed by atoms with Crippen LogP contribution in [0.15, 0.2) is 59.5 Å². The predicted molar refractivity (Wildman–Crippen MR) is 135 cm³/mol. The largest absolute Gasteiger partial charge is 0.493 e. The molecule has 0 bridgehead atoms. The molecule has 0 spiro atoms. The van der Waals surface area contributed by atoms with Crippen molar-refractivity contribution < 1.29 is 27.6 Å². The Kier molecular flexibility index (Phi) is 6.84. The van der Waals surface area contributed by atoms with E-state index in [1.807, 2.05) is 6.92 Å². The number of nitrogens with zero attached hydrogens (tertiary/aromatic N) is 2. The van der Waals surface area contributed by atoms with Crippen molar-refractivity contribution in [2.75, 3.05) is 30.4 Å². The summed E-state index contributed by atoms with van der Waals surface area (Å²) in [5.41, 5.74) is 2.01. The zero-order valence-corrected chi connectivity index (χ0v) is 20.8. The van der Waals surface area contributed by atoms with Crippen molar-refractivity contribution in [2.24, 2.45) is 0 Å². The molecule has 0 saturated carbocycles. The normalized spacial score (nSPS) is 13.0. The molecule has 0 aromatic heterocycles. The number of nitro groups is 1. The fourth-order valence-electron chi connectivity index (χ4n) is 4.13. The number of amides is 1. The molecular weight excluding hydrogens is 486 g/mol. The van der Waals surface area contributed by atoms with E-state index in [2.05, 4.69) is 5.32 Å². The van der Waals surface area contributed by atoms with Crippen LogP contribution in [-0.4, -0.2) is 40.0 Å². The van der Waals surface area contributed by atoms with Gasteiger partial charge in [0, 0.05) is 18.3 Å². The van der Waals surface area contributed by atoms with E-state index in [4.69, 9.17) is 9.47 Å². The predicted octanol–water partition coefficient (Wildman–Crippen LogP) is 4.31. The summed E-state index contributed by atoms with van der Waals surface area (Å²) < 4.78 is 38.2. The number of rotatable bonds is 7. The third-order valence-corrected chi connectivity index (χ3v) is 7.79. The summed E-state index contributed by atoms with van der Waals surface area (Å²) in [5.74, 6) is -0.400. The maximum absolute atomic E-state index is 13.3. The summed E-state index contributed by atoms with van der Waals surface area (Å²) in [7, 11) is -1.04. The maximum Gasteiger partial charge on any atom is 0.286 e. The first-order valence-electron chi connectivity index (χ1n) is 11.1. The van der Waals surface area contributed by atoms with Gasteiger partial charge in [0.25, 0.3) is 21.6 Å². The van der Waals surface area contributed by atoms with Gasteiger partial charge in [-0.05, 0) is 55.7 Å². The fourth-order valence-corrected chi connectivity index (χ4v) is 5.67. The lowest BCUT2D eigenvalue weighted by Gasteiger charge is -2.31. The number of carbonyl (C=O) groups is 1. The van der Waals surface area contributed by atoms with E-state index in [1.54, 1.807) is 42.5 Å². The van der Waals surface area contributed by atoms with Crippen LogP contribution < -0.4 is 19.1 Å². The number of sulfonamides is 1. The molecule has 0 atom stereocenters. The Morgan fingerprint density at radius 1 is 1.03 bits per heavy atom. The Morgan fingerprint density at radius 2 is 1.69 bits per heavy atom. The summed E-state index contributed by atoms with van der Waals surface area (Å²) >= 11 is 0. The minimum Gasteiger partial charge on any atom is -0.493 e. The number of anilines is 2. The number of carbonyl (C=O) groups excluding carboxylic acids is 1. The van der Waals surface area contributed by atoms with Gasteiger partial charge in [0.05, 0.1) is 35.8 Å². The second-order valence-electron chi connectivity index (χ2n) is 8.27. The fraction of sp³-hybridized carbons (Fsp3) is 0.240. The van der Waals surface area contributed by atoms with Gasteiger partial charge < -0.3 is 14.8 Å². The number of aryl methyl sites for hydroxylation is 2. The van der Waals surface area contributed by atoms with Gasteiger partial charge in [-0.2, -0.15) is 0 Å². The Balaban J connectivity index is 1.64. The second kappa shape index (κ2) is 9.86. The third-order valence-electron chi connectivity index (χ3n) is 5.97. The minimum absolute atomic E-state index is 0.129. The van der Waals surface area contributed by atoms with Crippen LogP contribution in [-0.2, 0) is 16.4 Å². The van der Waals surface area contributed by atoms with Gasteiger partial charge >= 0.3 is 0 Å². The summed E-state index contributed by atoms with van der Waals surface area (Å²) in [6.07, 6.45) is 1.23. The van der Waals surface area contributed by atoms with Crippen LogP contribution in [0.25, 0.3) is 0 Å². The van der Waals surface area contributed by atoms with Crippen LogP contribution >= 0.6 is 0 Å². The summed E-state index contributed by atoms with van der Waals surface area (Å²) in [5, 5.41) is 14.2. The number of nitrogens with one attached hydrogen (secondary N) is 1. The molecule has 0 fully saturated rings. The highest BCUT2D eigenvalue weighted by atomic mass is 32.2. The van der Waals surface area contributed by atoms with Crippen molar-refractivity contribution in [1.29, 1.82) is 0 Å². The number of hydrogen-bond acceptors (Lipinski definition) is 7. The van der Waals surface area contributed by atoms with E-state index < -0.39 is 26.5 Å². The molecule has 3 aromatic carbocycles. The van der Waals surface area contributed by atoms with E-state index in [0.717, 1.165) is 17.2 Å². The molecule has 36 heavy (non-hydrogen) atoms. The molecule has 1 aliphatic heterocycles.